The van der Waals surface area contributed by atoms with Crippen molar-refractivity contribution in [2.75, 3.05) is 0 Å². The largest absolute Gasteiger partial charge is 0.310 e. The molecule has 0 amide bonds. The van der Waals surface area contributed by atoms with Crippen LogP contribution < -0.4 is 5.32 Å². The van der Waals surface area contributed by atoms with E-state index in [9.17, 15) is 0 Å². The van der Waals surface area contributed by atoms with Gasteiger partial charge in [0.05, 0.1) is 5.69 Å². The fourth-order valence-electron chi connectivity index (χ4n) is 1.87. The van der Waals surface area contributed by atoms with Crippen molar-refractivity contribution in [1.82, 2.24) is 15.3 Å². The lowest BCUT2D eigenvalue weighted by atomic mass is 10.0. The second kappa shape index (κ2) is 6.83. The molecule has 0 aliphatic rings. The molecule has 1 aromatic rings. The fraction of sp³-hybridized carbons (Fsp3) is 0.733. The van der Waals surface area contributed by atoms with Crippen molar-refractivity contribution in [3.05, 3.63) is 23.3 Å². The average molecular weight is 249 g/mol. The molecule has 0 aromatic carbocycles. The first-order valence-corrected chi connectivity index (χ1v) is 6.98. The molecule has 1 N–H and O–H groups in total. The Hall–Kier alpha value is -0.960. The summed E-state index contributed by atoms with van der Waals surface area (Å²) in [5, 5.41) is 3.44. The average Bonchev–Trinajstić information content (AvgIpc) is 2.26. The zero-order valence-electron chi connectivity index (χ0n) is 12.6. The first kappa shape index (κ1) is 15.1. The van der Waals surface area contributed by atoms with E-state index in [0.717, 1.165) is 18.8 Å². The van der Waals surface area contributed by atoms with Crippen LogP contribution in [0.2, 0.25) is 0 Å². The van der Waals surface area contributed by atoms with Crippen LogP contribution in [-0.4, -0.2) is 16.0 Å². The zero-order chi connectivity index (χ0) is 13.7. The number of hydrogen-bond donors (Lipinski definition) is 1. The smallest absolute Gasteiger partial charge is 0.128 e. The maximum absolute atomic E-state index is 4.74. The number of aromatic nitrogens is 2. The lowest BCUT2D eigenvalue weighted by Gasteiger charge is -2.15. The molecule has 0 unspecified atom stereocenters. The molecule has 18 heavy (non-hydrogen) atoms. The van der Waals surface area contributed by atoms with Crippen molar-refractivity contribution in [3.8, 4) is 0 Å². The van der Waals surface area contributed by atoms with Crippen molar-refractivity contribution in [3.63, 3.8) is 0 Å². The summed E-state index contributed by atoms with van der Waals surface area (Å²) in [7, 11) is 0. The molecule has 0 bridgehead atoms. The van der Waals surface area contributed by atoms with E-state index >= 15 is 0 Å². The van der Waals surface area contributed by atoms with Crippen LogP contribution in [0.5, 0.6) is 0 Å². The highest BCUT2D eigenvalue weighted by atomic mass is 14.9. The second-order valence-electron chi connectivity index (χ2n) is 5.98. The molecule has 0 aliphatic heterocycles. The molecule has 1 heterocycles. The fourth-order valence-corrected chi connectivity index (χ4v) is 1.87. The van der Waals surface area contributed by atoms with Crippen molar-refractivity contribution in [2.24, 2.45) is 5.92 Å². The second-order valence-corrected chi connectivity index (χ2v) is 5.98. The van der Waals surface area contributed by atoms with Gasteiger partial charge in [0.1, 0.15) is 5.82 Å². The first-order chi connectivity index (χ1) is 8.40. The van der Waals surface area contributed by atoms with Gasteiger partial charge in [-0.25, -0.2) is 9.97 Å². The van der Waals surface area contributed by atoms with Gasteiger partial charge in [-0.05, 0) is 11.8 Å². The van der Waals surface area contributed by atoms with Crippen molar-refractivity contribution in [2.45, 2.75) is 66.5 Å². The minimum atomic E-state index is 0.447. The molecular formula is C15H27N3. The van der Waals surface area contributed by atoms with Gasteiger partial charge in [0.25, 0.3) is 0 Å². The van der Waals surface area contributed by atoms with Crippen molar-refractivity contribution in [1.29, 1.82) is 0 Å². The van der Waals surface area contributed by atoms with E-state index in [4.69, 9.17) is 4.98 Å². The molecule has 0 aliphatic carbocycles. The Morgan fingerprint density at radius 2 is 1.78 bits per heavy atom. The summed E-state index contributed by atoms with van der Waals surface area (Å²) in [4.78, 5) is 9.23. The van der Waals surface area contributed by atoms with Crippen molar-refractivity contribution < 1.29 is 0 Å². The van der Waals surface area contributed by atoms with Crippen LogP contribution in [0.3, 0.4) is 0 Å². The number of rotatable bonds is 6. The van der Waals surface area contributed by atoms with Gasteiger partial charge in [-0.2, -0.15) is 0 Å². The SMILES string of the molecule is CC(C)Cc1ncc(CNC(C)C)c(C(C)C)n1. The summed E-state index contributed by atoms with van der Waals surface area (Å²) in [6.07, 6.45) is 2.95. The third kappa shape index (κ3) is 4.73. The van der Waals surface area contributed by atoms with Gasteiger partial charge < -0.3 is 5.32 Å². The predicted molar refractivity (Wildman–Crippen MR) is 76.6 cm³/mol. The van der Waals surface area contributed by atoms with E-state index in [-0.39, 0.29) is 0 Å². The molecule has 1 rings (SSSR count). The molecule has 0 fully saturated rings. The van der Waals surface area contributed by atoms with Crippen LogP contribution in [0.15, 0.2) is 6.20 Å². The van der Waals surface area contributed by atoms with Crippen LogP contribution in [-0.2, 0) is 13.0 Å². The lowest BCUT2D eigenvalue weighted by molar-refractivity contribution is 0.573. The highest BCUT2D eigenvalue weighted by Crippen LogP contribution is 2.17. The molecular weight excluding hydrogens is 222 g/mol. The minimum Gasteiger partial charge on any atom is -0.310 e. The molecule has 3 heteroatoms. The first-order valence-electron chi connectivity index (χ1n) is 6.98. The lowest BCUT2D eigenvalue weighted by Crippen LogP contribution is -2.23. The minimum absolute atomic E-state index is 0.447. The predicted octanol–water partition coefficient (Wildman–Crippen LogP) is 3.30. The molecule has 0 spiro atoms. The van der Waals surface area contributed by atoms with Gasteiger partial charge in [-0.15, -0.1) is 0 Å². The molecule has 0 saturated heterocycles. The molecule has 102 valence electrons. The maximum atomic E-state index is 4.74. The highest BCUT2D eigenvalue weighted by molar-refractivity contribution is 5.21. The summed E-state index contributed by atoms with van der Waals surface area (Å²) in [6.45, 7) is 14.0. The third-order valence-corrected chi connectivity index (χ3v) is 2.79. The van der Waals surface area contributed by atoms with Gasteiger partial charge in [-0.3, -0.25) is 0 Å². The number of nitrogens with zero attached hydrogens (tertiary/aromatic N) is 2. The Bertz CT molecular complexity index is 370. The highest BCUT2D eigenvalue weighted by Gasteiger charge is 2.11. The summed E-state index contributed by atoms with van der Waals surface area (Å²) in [5.74, 6) is 2.02. The van der Waals surface area contributed by atoms with Crippen molar-refractivity contribution >= 4 is 0 Å². The monoisotopic (exact) mass is 249 g/mol. The quantitative estimate of drug-likeness (QED) is 0.840. The number of nitrogens with one attached hydrogen (secondary N) is 1. The van der Waals surface area contributed by atoms with Crippen LogP contribution in [0.1, 0.15) is 64.5 Å². The van der Waals surface area contributed by atoms with Crippen LogP contribution >= 0.6 is 0 Å². The summed E-state index contributed by atoms with van der Waals surface area (Å²) >= 11 is 0. The van der Waals surface area contributed by atoms with E-state index in [1.165, 1.54) is 11.3 Å². The van der Waals surface area contributed by atoms with E-state index in [1.54, 1.807) is 0 Å². The van der Waals surface area contributed by atoms with Gasteiger partial charge in [-0.1, -0.05) is 41.5 Å². The Labute approximate surface area is 111 Å². The Morgan fingerprint density at radius 3 is 2.28 bits per heavy atom. The normalized spacial score (nSPS) is 11.8. The Kier molecular flexibility index (Phi) is 5.73. The molecule has 0 radical (unpaired) electrons. The van der Waals surface area contributed by atoms with E-state index in [0.29, 0.717) is 17.9 Å². The van der Waals surface area contributed by atoms with Gasteiger partial charge in [0, 0.05) is 30.8 Å². The maximum Gasteiger partial charge on any atom is 0.128 e. The summed E-state index contributed by atoms with van der Waals surface area (Å²) < 4.78 is 0. The van der Waals surface area contributed by atoms with Crippen LogP contribution in [0, 0.1) is 5.92 Å². The van der Waals surface area contributed by atoms with Crippen LogP contribution in [0.25, 0.3) is 0 Å². The van der Waals surface area contributed by atoms with Gasteiger partial charge >= 0.3 is 0 Å². The molecule has 0 atom stereocenters. The van der Waals surface area contributed by atoms with Gasteiger partial charge in [0.15, 0.2) is 0 Å². The Morgan fingerprint density at radius 1 is 1.11 bits per heavy atom. The van der Waals surface area contributed by atoms with E-state index in [2.05, 4.69) is 51.8 Å². The van der Waals surface area contributed by atoms with E-state index < -0.39 is 0 Å². The summed E-state index contributed by atoms with van der Waals surface area (Å²) in [6, 6.07) is 0.486. The summed E-state index contributed by atoms with van der Waals surface area (Å²) in [5.41, 5.74) is 2.42. The standard InChI is InChI=1S/C15H27N3/c1-10(2)7-14-17-9-13(8-16-12(5)6)15(18-14)11(3)4/h9-12,16H,7-8H2,1-6H3. The van der Waals surface area contributed by atoms with E-state index in [1.807, 2.05) is 6.20 Å². The Balaban J connectivity index is 2.90. The molecule has 1 aromatic heterocycles. The van der Waals surface area contributed by atoms with Crippen LogP contribution in [0.4, 0.5) is 0 Å². The topological polar surface area (TPSA) is 37.8 Å². The van der Waals surface area contributed by atoms with Gasteiger partial charge in [0.2, 0.25) is 0 Å². The molecule has 3 nitrogen and oxygen atoms in total. The molecule has 0 saturated carbocycles. The third-order valence-electron chi connectivity index (χ3n) is 2.79. The number of hydrogen-bond acceptors (Lipinski definition) is 3. The zero-order valence-corrected chi connectivity index (χ0v) is 12.6.